The molecule has 2 heterocycles. The van der Waals surface area contributed by atoms with Crippen LogP contribution in [-0.2, 0) is 36.8 Å². The minimum absolute atomic E-state index is 0.167. The summed E-state index contributed by atoms with van der Waals surface area (Å²) < 4.78 is 22.8. The second-order valence-electron chi connectivity index (χ2n) is 10.5. The summed E-state index contributed by atoms with van der Waals surface area (Å²) >= 11 is 0. The Hall–Kier alpha value is -3.28. The number of aromatic nitrogens is 2. The van der Waals surface area contributed by atoms with Crippen LogP contribution in [0.3, 0.4) is 0 Å². The molecule has 0 saturated carbocycles. The first-order valence-corrected chi connectivity index (χ1v) is 15.0. The quantitative estimate of drug-likeness (QED) is 0.208. The van der Waals surface area contributed by atoms with Crippen molar-refractivity contribution in [3.05, 3.63) is 47.8 Å². The molecule has 1 aliphatic heterocycles. The number of fused-ring (bicyclic) bond motifs is 1. The van der Waals surface area contributed by atoms with Crippen LogP contribution in [0.25, 0.3) is 0 Å². The van der Waals surface area contributed by atoms with Crippen molar-refractivity contribution in [2.45, 2.75) is 52.5 Å². The second-order valence-corrected chi connectivity index (χ2v) is 10.5. The molecular formula is C31H46N4O7. The fourth-order valence-electron chi connectivity index (χ4n) is 4.55. The maximum Gasteiger partial charge on any atom is 0.304 e. The second kappa shape index (κ2) is 19.0. The molecule has 0 aliphatic carbocycles. The number of hydrogen-bond acceptors (Lipinski definition) is 9. The smallest absolute Gasteiger partial charge is 0.304 e. The summed E-state index contributed by atoms with van der Waals surface area (Å²) in [6, 6.07) is 7.53. The van der Waals surface area contributed by atoms with Crippen LogP contribution in [0, 0.1) is 11.8 Å². The van der Waals surface area contributed by atoms with Gasteiger partial charge in [0.25, 0.3) is 0 Å². The van der Waals surface area contributed by atoms with E-state index in [2.05, 4.69) is 29.1 Å². The van der Waals surface area contributed by atoms with E-state index >= 15 is 0 Å². The van der Waals surface area contributed by atoms with Gasteiger partial charge in [-0.25, -0.2) is 9.97 Å². The molecule has 232 valence electrons. The third kappa shape index (κ3) is 12.3. The van der Waals surface area contributed by atoms with E-state index in [0.717, 1.165) is 37.0 Å². The Morgan fingerprint density at radius 1 is 1.05 bits per heavy atom. The summed E-state index contributed by atoms with van der Waals surface area (Å²) in [6.07, 6.45) is 6.52. The standard InChI is InChI=1S/C31H46N4O7/c1-3-24(2)8-14-39-16-18-41-19-17-40-15-12-35-23-27-21-28(42-13-5-11-34-31-32-9-4-10-33-31)7-6-25(27)20-26(30(35)38)22-29(36)37/h4,6-7,9-10,21,24,26H,3,5,8,11-20,22-23H2,1-2H3,(H,36,37)(H,32,33,34)/t24?,26-/m0/s1. The Labute approximate surface area is 248 Å². The van der Waals surface area contributed by atoms with Gasteiger partial charge >= 0.3 is 5.97 Å². The Balaban J connectivity index is 1.42. The number of carbonyl (C=O) groups is 2. The van der Waals surface area contributed by atoms with Crippen molar-refractivity contribution >= 4 is 17.8 Å². The van der Waals surface area contributed by atoms with Crippen LogP contribution in [0.1, 0.15) is 50.7 Å². The van der Waals surface area contributed by atoms with Gasteiger partial charge in [-0.3, -0.25) is 9.59 Å². The van der Waals surface area contributed by atoms with E-state index in [1.54, 1.807) is 23.4 Å². The van der Waals surface area contributed by atoms with Crippen molar-refractivity contribution in [1.29, 1.82) is 0 Å². The Kier molecular flexibility index (Phi) is 15.0. The zero-order chi connectivity index (χ0) is 30.0. The van der Waals surface area contributed by atoms with E-state index in [-0.39, 0.29) is 12.3 Å². The molecule has 1 unspecified atom stereocenters. The number of nitrogens with one attached hydrogen (secondary N) is 1. The van der Waals surface area contributed by atoms with E-state index in [1.165, 1.54) is 0 Å². The van der Waals surface area contributed by atoms with Crippen LogP contribution >= 0.6 is 0 Å². The van der Waals surface area contributed by atoms with Gasteiger partial charge in [0.1, 0.15) is 5.75 Å². The van der Waals surface area contributed by atoms with Gasteiger partial charge in [-0.2, -0.15) is 0 Å². The lowest BCUT2D eigenvalue weighted by atomic mass is 9.94. The molecule has 2 N–H and O–H groups in total. The van der Waals surface area contributed by atoms with Crippen LogP contribution in [0.15, 0.2) is 36.7 Å². The molecule has 3 rings (SSSR count). The van der Waals surface area contributed by atoms with Gasteiger partial charge in [0.15, 0.2) is 0 Å². The lowest BCUT2D eigenvalue weighted by molar-refractivity contribution is -0.145. The number of aliphatic carboxylic acids is 1. The van der Waals surface area contributed by atoms with E-state index in [0.29, 0.717) is 83.3 Å². The predicted molar refractivity (Wildman–Crippen MR) is 158 cm³/mol. The maximum absolute atomic E-state index is 13.3. The van der Waals surface area contributed by atoms with Crippen LogP contribution in [0.5, 0.6) is 5.75 Å². The largest absolute Gasteiger partial charge is 0.494 e. The van der Waals surface area contributed by atoms with E-state index < -0.39 is 11.9 Å². The molecule has 11 nitrogen and oxygen atoms in total. The van der Waals surface area contributed by atoms with Gasteiger partial charge < -0.3 is 34.3 Å². The van der Waals surface area contributed by atoms with Crippen molar-refractivity contribution in [3.8, 4) is 5.75 Å². The van der Waals surface area contributed by atoms with Crippen molar-refractivity contribution in [2.24, 2.45) is 11.8 Å². The fourth-order valence-corrected chi connectivity index (χ4v) is 4.55. The number of carboxylic acid groups (broad SMARTS) is 1. The van der Waals surface area contributed by atoms with Gasteiger partial charge in [0.2, 0.25) is 11.9 Å². The number of nitrogens with zero attached hydrogens (tertiary/aromatic N) is 3. The summed E-state index contributed by atoms with van der Waals surface area (Å²) in [5, 5.41) is 12.6. The molecule has 1 aliphatic rings. The third-order valence-corrected chi connectivity index (χ3v) is 7.23. The molecule has 0 fully saturated rings. The highest BCUT2D eigenvalue weighted by Gasteiger charge is 2.31. The molecule has 0 bridgehead atoms. The first-order chi connectivity index (χ1) is 20.5. The average molecular weight is 587 g/mol. The Morgan fingerprint density at radius 3 is 2.48 bits per heavy atom. The van der Waals surface area contributed by atoms with Gasteiger partial charge in [0.05, 0.1) is 52.0 Å². The van der Waals surface area contributed by atoms with Crippen LogP contribution in [0.4, 0.5) is 5.95 Å². The molecule has 42 heavy (non-hydrogen) atoms. The summed E-state index contributed by atoms with van der Waals surface area (Å²) in [5.41, 5.74) is 1.93. The number of carbonyl (C=O) groups excluding carboxylic acids is 1. The lowest BCUT2D eigenvalue weighted by Gasteiger charge is -2.24. The average Bonchev–Trinajstić information content (AvgIpc) is 3.11. The van der Waals surface area contributed by atoms with Crippen LogP contribution in [0.2, 0.25) is 0 Å². The number of hydrogen-bond donors (Lipinski definition) is 2. The van der Waals surface area contributed by atoms with Crippen molar-refractivity contribution in [2.75, 3.05) is 64.7 Å². The number of anilines is 1. The molecule has 1 aromatic heterocycles. The van der Waals surface area contributed by atoms with E-state index in [1.807, 2.05) is 18.2 Å². The molecule has 1 amide bonds. The normalized spacial score (nSPS) is 15.6. The highest BCUT2D eigenvalue weighted by molar-refractivity contribution is 5.84. The van der Waals surface area contributed by atoms with E-state index in [9.17, 15) is 14.7 Å². The number of amides is 1. The van der Waals surface area contributed by atoms with Gasteiger partial charge in [-0.05, 0) is 54.5 Å². The molecular weight excluding hydrogens is 540 g/mol. The Morgan fingerprint density at radius 2 is 1.76 bits per heavy atom. The predicted octanol–water partition coefficient (Wildman–Crippen LogP) is 3.82. The maximum atomic E-state index is 13.3. The number of rotatable bonds is 21. The van der Waals surface area contributed by atoms with E-state index in [4.69, 9.17) is 18.9 Å². The van der Waals surface area contributed by atoms with Gasteiger partial charge in [-0.1, -0.05) is 26.3 Å². The van der Waals surface area contributed by atoms with Gasteiger partial charge in [-0.15, -0.1) is 0 Å². The number of ether oxygens (including phenoxy) is 4. The fraction of sp³-hybridized carbons (Fsp3) is 0.613. The SMILES string of the molecule is CCC(C)CCOCCOCCOCCN1Cc2cc(OCCCNc3ncccn3)ccc2C[C@@H](CC(=O)O)C1=O. The summed E-state index contributed by atoms with van der Waals surface area (Å²) in [4.78, 5) is 34.7. The first kappa shape index (κ1) is 33.2. The minimum atomic E-state index is -0.983. The molecule has 11 heteroatoms. The van der Waals surface area contributed by atoms with Crippen molar-refractivity contribution < 1.29 is 33.6 Å². The Bertz CT molecular complexity index is 1070. The third-order valence-electron chi connectivity index (χ3n) is 7.23. The van der Waals surface area contributed by atoms with Crippen molar-refractivity contribution in [1.82, 2.24) is 14.9 Å². The zero-order valence-corrected chi connectivity index (χ0v) is 25.0. The molecule has 0 spiro atoms. The minimum Gasteiger partial charge on any atom is -0.494 e. The number of benzene rings is 1. The molecule has 1 aromatic carbocycles. The first-order valence-electron chi connectivity index (χ1n) is 15.0. The number of carboxylic acids is 1. The van der Waals surface area contributed by atoms with Gasteiger partial charge in [0, 0.05) is 38.6 Å². The molecule has 2 atom stereocenters. The highest BCUT2D eigenvalue weighted by atomic mass is 16.5. The van der Waals surface area contributed by atoms with Crippen LogP contribution in [-0.4, -0.2) is 91.2 Å². The lowest BCUT2D eigenvalue weighted by Crippen LogP contribution is -2.37. The zero-order valence-electron chi connectivity index (χ0n) is 25.0. The topological polar surface area (TPSA) is 132 Å². The monoisotopic (exact) mass is 586 g/mol. The summed E-state index contributed by atoms with van der Waals surface area (Å²) in [5.74, 6) is 0.199. The van der Waals surface area contributed by atoms with Crippen molar-refractivity contribution in [3.63, 3.8) is 0 Å². The molecule has 0 radical (unpaired) electrons. The summed E-state index contributed by atoms with van der Waals surface area (Å²) in [7, 11) is 0. The molecule has 0 saturated heterocycles. The highest BCUT2D eigenvalue weighted by Crippen LogP contribution is 2.28. The molecule has 2 aromatic rings. The van der Waals surface area contributed by atoms with Crippen LogP contribution < -0.4 is 10.1 Å². The summed E-state index contributed by atoms with van der Waals surface area (Å²) in [6.45, 7) is 9.35.